The molecule has 0 aliphatic heterocycles. The summed E-state index contributed by atoms with van der Waals surface area (Å²) < 4.78 is 42.9. The summed E-state index contributed by atoms with van der Waals surface area (Å²) in [6, 6.07) is 2.82. The molecule has 20 heavy (non-hydrogen) atoms. The van der Waals surface area contributed by atoms with Crippen molar-refractivity contribution in [1.82, 2.24) is 10.2 Å². The van der Waals surface area contributed by atoms with E-state index in [1.807, 2.05) is 19.0 Å². The molecule has 1 aromatic rings. The summed E-state index contributed by atoms with van der Waals surface area (Å²) in [4.78, 5) is 13.8. The van der Waals surface area contributed by atoms with Gasteiger partial charge in [-0.05, 0) is 32.3 Å². The van der Waals surface area contributed by atoms with Gasteiger partial charge in [-0.25, -0.2) is 0 Å². The largest absolute Gasteiger partial charge is 0.496 e. The lowest BCUT2D eigenvalue weighted by atomic mass is 10.1. The number of hydrogen-bond acceptors (Lipinski definition) is 3. The van der Waals surface area contributed by atoms with Crippen molar-refractivity contribution < 1.29 is 22.7 Å². The van der Waals surface area contributed by atoms with Crippen LogP contribution in [0.25, 0.3) is 0 Å². The highest BCUT2D eigenvalue weighted by Gasteiger charge is 2.32. The van der Waals surface area contributed by atoms with Crippen molar-refractivity contribution in [3.8, 4) is 5.75 Å². The molecule has 0 heterocycles. The van der Waals surface area contributed by atoms with Crippen molar-refractivity contribution >= 4 is 5.91 Å². The van der Waals surface area contributed by atoms with E-state index in [0.29, 0.717) is 13.1 Å². The van der Waals surface area contributed by atoms with Crippen LogP contribution in [0, 0.1) is 0 Å². The van der Waals surface area contributed by atoms with Gasteiger partial charge in [-0.3, -0.25) is 4.79 Å². The molecule has 0 aliphatic rings. The van der Waals surface area contributed by atoms with Crippen LogP contribution in [0.15, 0.2) is 18.2 Å². The summed E-state index contributed by atoms with van der Waals surface area (Å²) in [7, 11) is 4.97. The van der Waals surface area contributed by atoms with Crippen molar-refractivity contribution in [3.63, 3.8) is 0 Å². The standard InChI is InChI=1S/C13H17F3N2O2/c1-18(2)7-6-17-12(19)10-8-9(13(14,15)16)4-5-11(10)20-3/h4-5,8H,6-7H2,1-3H3,(H,17,19). The average Bonchev–Trinajstić information content (AvgIpc) is 2.36. The molecule has 0 spiro atoms. The van der Waals surface area contributed by atoms with Gasteiger partial charge in [0.25, 0.3) is 5.91 Å². The first kappa shape index (κ1) is 16.3. The molecule has 0 radical (unpaired) electrons. The van der Waals surface area contributed by atoms with E-state index in [2.05, 4.69) is 5.32 Å². The number of ether oxygens (including phenoxy) is 1. The number of nitrogens with one attached hydrogen (secondary N) is 1. The van der Waals surface area contributed by atoms with E-state index in [1.54, 1.807) is 0 Å². The molecule has 0 bridgehead atoms. The van der Waals surface area contributed by atoms with E-state index >= 15 is 0 Å². The fourth-order valence-corrected chi connectivity index (χ4v) is 1.55. The fourth-order valence-electron chi connectivity index (χ4n) is 1.55. The first-order chi connectivity index (χ1) is 9.25. The van der Waals surface area contributed by atoms with Gasteiger partial charge in [-0.15, -0.1) is 0 Å². The van der Waals surface area contributed by atoms with Crippen LogP contribution in [-0.4, -0.2) is 45.1 Å². The second kappa shape index (κ2) is 6.60. The highest BCUT2D eigenvalue weighted by Crippen LogP contribution is 2.32. The first-order valence-electron chi connectivity index (χ1n) is 5.94. The zero-order valence-corrected chi connectivity index (χ0v) is 11.5. The molecular weight excluding hydrogens is 273 g/mol. The predicted molar refractivity (Wildman–Crippen MR) is 68.9 cm³/mol. The summed E-state index contributed by atoms with van der Waals surface area (Å²) in [6.07, 6.45) is -4.50. The van der Waals surface area contributed by atoms with Crippen LogP contribution < -0.4 is 10.1 Å². The lowest BCUT2D eigenvalue weighted by Crippen LogP contribution is -2.31. The van der Waals surface area contributed by atoms with Gasteiger partial charge in [0.1, 0.15) is 5.75 Å². The number of halogens is 3. The molecule has 0 aliphatic carbocycles. The number of amides is 1. The molecule has 1 amide bonds. The number of carbonyl (C=O) groups is 1. The van der Waals surface area contributed by atoms with Gasteiger partial charge in [0.15, 0.2) is 0 Å². The molecule has 0 aromatic heterocycles. The van der Waals surface area contributed by atoms with Gasteiger partial charge < -0.3 is 15.0 Å². The molecule has 7 heteroatoms. The molecule has 112 valence electrons. The number of methoxy groups -OCH3 is 1. The number of likely N-dealkylation sites (N-methyl/N-ethyl adjacent to an activating group) is 1. The molecule has 1 N–H and O–H groups in total. The Morgan fingerprint density at radius 2 is 2.00 bits per heavy atom. The molecule has 0 unspecified atom stereocenters. The smallest absolute Gasteiger partial charge is 0.416 e. The molecule has 1 aromatic carbocycles. The maximum Gasteiger partial charge on any atom is 0.416 e. The Hall–Kier alpha value is -1.76. The SMILES string of the molecule is COc1ccc(C(F)(F)F)cc1C(=O)NCCN(C)C. The van der Waals surface area contributed by atoms with Crippen molar-refractivity contribution in [2.45, 2.75) is 6.18 Å². The van der Waals surface area contributed by atoms with Crippen molar-refractivity contribution in [3.05, 3.63) is 29.3 Å². The lowest BCUT2D eigenvalue weighted by molar-refractivity contribution is -0.137. The summed E-state index contributed by atoms with van der Waals surface area (Å²) in [5.41, 5.74) is -1.00. The minimum atomic E-state index is -4.50. The molecule has 1 rings (SSSR count). The molecular formula is C13H17F3N2O2. The Morgan fingerprint density at radius 1 is 1.35 bits per heavy atom. The fraction of sp³-hybridized carbons (Fsp3) is 0.462. The Kier molecular flexibility index (Phi) is 5.38. The highest BCUT2D eigenvalue weighted by atomic mass is 19.4. The Bertz CT molecular complexity index is 473. The Balaban J connectivity index is 2.93. The minimum Gasteiger partial charge on any atom is -0.496 e. The quantitative estimate of drug-likeness (QED) is 0.902. The van der Waals surface area contributed by atoms with E-state index in [4.69, 9.17) is 4.74 Å². The number of hydrogen-bond donors (Lipinski definition) is 1. The van der Waals surface area contributed by atoms with Crippen LogP contribution >= 0.6 is 0 Å². The second-order valence-electron chi connectivity index (χ2n) is 4.47. The van der Waals surface area contributed by atoms with Crippen molar-refractivity contribution in [2.75, 3.05) is 34.3 Å². The van der Waals surface area contributed by atoms with Crippen LogP contribution in [-0.2, 0) is 6.18 Å². The number of nitrogens with zero attached hydrogens (tertiary/aromatic N) is 1. The summed E-state index contributed by atoms with van der Waals surface area (Å²) >= 11 is 0. The third kappa shape index (κ3) is 4.41. The molecule has 4 nitrogen and oxygen atoms in total. The van der Waals surface area contributed by atoms with E-state index in [-0.39, 0.29) is 11.3 Å². The summed E-state index contributed by atoms with van der Waals surface area (Å²) in [5.74, 6) is -0.477. The maximum atomic E-state index is 12.6. The van der Waals surface area contributed by atoms with E-state index in [1.165, 1.54) is 7.11 Å². The normalized spacial score (nSPS) is 11.6. The van der Waals surface area contributed by atoms with Crippen molar-refractivity contribution in [1.29, 1.82) is 0 Å². The first-order valence-corrected chi connectivity index (χ1v) is 5.94. The number of carbonyl (C=O) groups excluding carboxylic acids is 1. The van der Waals surface area contributed by atoms with Crippen molar-refractivity contribution in [2.24, 2.45) is 0 Å². The van der Waals surface area contributed by atoms with Crippen LogP contribution in [0.1, 0.15) is 15.9 Å². The van der Waals surface area contributed by atoms with Gasteiger partial charge in [-0.1, -0.05) is 0 Å². The van der Waals surface area contributed by atoms with Gasteiger partial charge in [-0.2, -0.15) is 13.2 Å². The molecule has 0 saturated heterocycles. The maximum absolute atomic E-state index is 12.6. The van der Waals surface area contributed by atoms with Gasteiger partial charge in [0, 0.05) is 13.1 Å². The molecule has 0 fully saturated rings. The zero-order valence-electron chi connectivity index (χ0n) is 11.5. The third-order valence-electron chi connectivity index (χ3n) is 2.62. The van der Waals surface area contributed by atoms with Crippen LogP contribution in [0.5, 0.6) is 5.75 Å². The van der Waals surface area contributed by atoms with Gasteiger partial charge in [0.05, 0.1) is 18.2 Å². The summed E-state index contributed by atoms with van der Waals surface area (Å²) in [5, 5.41) is 2.56. The van der Waals surface area contributed by atoms with E-state index < -0.39 is 17.6 Å². The topological polar surface area (TPSA) is 41.6 Å². The third-order valence-corrected chi connectivity index (χ3v) is 2.62. The Labute approximate surface area is 115 Å². The van der Waals surface area contributed by atoms with E-state index in [0.717, 1.165) is 18.2 Å². The number of alkyl halides is 3. The van der Waals surface area contributed by atoms with Gasteiger partial charge in [0.2, 0.25) is 0 Å². The number of rotatable bonds is 5. The Morgan fingerprint density at radius 3 is 2.50 bits per heavy atom. The highest BCUT2D eigenvalue weighted by molar-refractivity contribution is 5.97. The van der Waals surface area contributed by atoms with Gasteiger partial charge >= 0.3 is 6.18 Å². The second-order valence-corrected chi connectivity index (χ2v) is 4.47. The van der Waals surface area contributed by atoms with Crippen LogP contribution in [0.2, 0.25) is 0 Å². The average molecular weight is 290 g/mol. The monoisotopic (exact) mass is 290 g/mol. The van der Waals surface area contributed by atoms with Crippen LogP contribution in [0.3, 0.4) is 0 Å². The lowest BCUT2D eigenvalue weighted by Gasteiger charge is -2.14. The zero-order chi connectivity index (χ0) is 15.3. The minimum absolute atomic E-state index is 0.111. The molecule has 0 saturated carbocycles. The van der Waals surface area contributed by atoms with Crippen LogP contribution in [0.4, 0.5) is 13.2 Å². The predicted octanol–water partition coefficient (Wildman–Crippen LogP) is 2.01. The summed E-state index contributed by atoms with van der Waals surface area (Å²) in [6.45, 7) is 0.929. The van der Waals surface area contributed by atoms with E-state index in [9.17, 15) is 18.0 Å². The molecule has 0 atom stereocenters. The number of benzene rings is 1.